The molecule has 2 aromatic heterocycles. The van der Waals surface area contributed by atoms with Gasteiger partial charge in [0.15, 0.2) is 5.82 Å². The van der Waals surface area contributed by atoms with E-state index < -0.39 is 12.0 Å². The third-order valence-electron chi connectivity index (χ3n) is 5.71. The Kier molecular flexibility index (Phi) is 4.43. The molecule has 30 heavy (non-hydrogen) atoms. The largest absolute Gasteiger partial charge is 0.507 e. The number of hydrogen-bond donors (Lipinski definition) is 2. The van der Waals surface area contributed by atoms with Crippen molar-refractivity contribution in [2.24, 2.45) is 5.92 Å². The Balaban J connectivity index is 1.37. The maximum absolute atomic E-state index is 14.8. The van der Waals surface area contributed by atoms with E-state index in [1.165, 1.54) is 16.9 Å². The second-order valence-corrected chi connectivity index (χ2v) is 7.60. The summed E-state index contributed by atoms with van der Waals surface area (Å²) in [6.07, 6.45) is 5.76. The van der Waals surface area contributed by atoms with Crippen LogP contribution in [0.1, 0.15) is 12.1 Å². The summed E-state index contributed by atoms with van der Waals surface area (Å²) in [6, 6.07) is 8.17. The molecule has 0 radical (unpaired) electrons. The van der Waals surface area contributed by atoms with Gasteiger partial charge in [0, 0.05) is 23.6 Å². The molecule has 1 saturated heterocycles. The molecule has 2 N–H and O–H groups in total. The standard InChI is InChI=1S/C22H19F2N5O/c1-12(17-8-14-2-5-20(26-14)22(17)24)18-6-7-19(28-27-18)16-4-3-15(9-21(16)30)29-11-13(23)10-25-29/h2-7,9-11,14,17,20,22,26,30H,1,8H2/t14-,17+,20+,22-/m0/s1. The van der Waals surface area contributed by atoms with Gasteiger partial charge in [-0.15, -0.1) is 5.10 Å². The minimum absolute atomic E-state index is 0.0332. The molecule has 4 atom stereocenters. The van der Waals surface area contributed by atoms with Crippen molar-refractivity contribution < 1.29 is 13.9 Å². The highest BCUT2D eigenvalue weighted by Crippen LogP contribution is 2.37. The molecule has 2 aliphatic heterocycles. The maximum atomic E-state index is 14.8. The molecule has 1 fully saturated rings. The van der Waals surface area contributed by atoms with E-state index >= 15 is 0 Å². The molecule has 1 aromatic carbocycles. The predicted molar refractivity (Wildman–Crippen MR) is 108 cm³/mol. The monoisotopic (exact) mass is 407 g/mol. The zero-order chi connectivity index (χ0) is 20.8. The second-order valence-electron chi connectivity index (χ2n) is 7.60. The van der Waals surface area contributed by atoms with Crippen LogP contribution in [0.4, 0.5) is 8.78 Å². The zero-order valence-electron chi connectivity index (χ0n) is 15.9. The number of rotatable bonds is 4. The number of aromatic hydroxyl groups is 1. The predicted octanol–water partition coefficient (Wildman–Crippen LogP) is 3.44. The normalized spacial score (nSPS) is 24.9. The van der Waals surface area contributed by atoms with Crippen LogP contribution in [0.15, 0.2) is 61.5 Å². The lowest BCUT2D eigenvalue weighted by Crippen LogP contribution is -2.47. The van der Waals surface area contributed by atoms with Crippen LogP contribution in [0, 0.1) is 11.7 Å². The van der Waals surface area contributed by atoms with Gasteiger partial charge in [0.1, 0.15) is 11.9 Å². The number of allylic oxidation sites excluding steroid dienone is 1. The van der Waals surface area contributed by atoms with Gasteiger partial charge in [-0.05, 0) is 36.3 Å². The van der Waals surface area contributed by atoms with Crippen LogP contribution >= 0.6 is 0 Å². The van der Waals surface area contributed by atoms with Crippen molar-refractivity contribution in [3.63, 3.8) is 0 Å². The second kappa shape index (κ2) is 7.14. The van der Waals surface area contributed by atoms with E-state index in [-0.39, 0.29) is 23.8 Å². The molecule has 2 bridgehead atoms. The van der Waals surface area contributed by atoms with Gasteiger partial charge in [-0.1, -0.05) is 18.7 Å². The van der Waals surface area contributed by atoms with Crippen molar-refractivity contribution in [3.05, 3.63) is 73.0 Å². The summed E-state index contributed by atoms with van der Waals surface area (Å²) in [5.41, 5.74) is 2.62. The summed E-state index contributed by atoms with van der Waals surface area (Å²) in [6.45, 7) is 4.08. The van der Waals surface area contributed by atoms with E-state index in [0.29, 0.717) is 34.6 Å². The molecule has 0 amide bonds. The molecule has 2 aliphatic rings. The third-order valence-corrected chi connectivity index (χ3v) is 5.71. The summed E-state index contributed by atoms with van der Waals surface area (Å²) in [4.78, 5) is 0. The van der Waals surface area contributed by atoms with Crippen molar-refractivity contribution >= 4 is 5.57 Å². The summed E-state index contributed by atoms with van der Waals surface area (Å²) in [7, 11) is 0. The molecule has 0 saturated carbocycles. The first-order chi connectivity index (χ1) is 14.5. The Labute approximate surface area is 171 Å². The van der Waals surface area contributed by atoms with Crippen LogP contribution in [0.2, 0.25) is 0 Å². The van der Waals surface area contributed by atoms with Crippen LogP contribution in [0.25, 0.3) is 22.5 Å². The lowest BCUT2D eigenvalue weighted by Gasteiger charge is -2.33. The van der Waals surface area contributed by atoms with Gasteiger partial charge in [0.25, 0.3) is 0 Å². The van der Waals surface area contributed by atoms with Crippen LogP contribution in [0.5, 0.6) is 5.75 Å². The lowest BCUT2D eigenvalue weighted by atomic mass is 9.83. The van der Waals surface area contributed by atoms with Crippen LogP contribution in [-0.2, 0) is 0 Å². The van der Waals surface area contributed by atoms with Gasteiger partial charge in [0.2, 0.25) is 0 Å². The Bertz CT molecular complexity index is 1140. The minimum atomic E-state index is -1.06. The molecule has 0 spiro atoms. The first-order valence-electron chi connectivity index (χ1n) is 9.65. The Morgan fingerprint density at radius 1 is 1.20 bits per heavy atom. The first kappa shape index (κ1) is 18.6. The van der Waals surface area contributed by atoms with Gasteiger partial charge in [-0.2, -0.15) is 10.2 Å². The summed E-state index contributed by atoms with van der Waals surface area (Å²) in [5, 5.41) is 25.9. The van der Waals surface area contributed by atoms with E-state index in [1.54, 1.807) is 24.3 Å². The molecule has 4 heterocycles. The van der Waals surface area contributed by atoms with E-state index in [2.05, 4.69) is 27.2 Å². The smallest absolute Gasteiger partial charge is 0.161 e. The van der Waals surface area contributed by atoms with Gasteiger partial charge in [-0.3, -0.25) is 0 Å². The fourth-order valence-electron chi connectivity index (χ4n) is 4.10. The first-order valence-corrected chi connectivity index (χ1v) is 9.65. The number of aromatic nitrogens is 4. The topological polar surface area (TPSA) is 75.9 Å². The molecular weight excluding hydrogens is 388 g/mol. The summed E-state index contributed by atoms with van der Waals surface area (Å²) in [5.74, 6) is -0.819. The zero-order valence-corrected chi connectivity index (χ0v) is 15.9. The van der Waals surface area contributed by atoms with Crippen molar-refractivity contribution in [1.82, 2.24) is 25.3 Å². The van der Waals surface area contributed by atoms with Gasteiger partial charge < -0.3 is 10.4 Å². The van der Waals surface area contributed by atoms with Gasteiger partial charge >= 0.3 is 0 Å². The highest BCUT2D eigenvalue weighted by molar-refractivity contribution is 5.70. The molecule has 0 aliphatic carbocycles. The number of nitrogens with zero attached hydrogens (tertiary/aromatic N) is 4. The molecule has 5 rings (SSSR count). The fraction of sp³-hybridized carbons (Fsp3) is 0.227. The minimum Gasteiger partial charge on any atom is -0.507 e. The number of phenols is 1. The van der Waals surface area contributed by atoms with E-state index in [1.807, 2.05) is 12.2 Å². The number of fused-ring (bicyclic) bond motifs is 2. The highest BCUT2D eigenvalue weighted by atomic mass is 19.1. The summed E-state index contributed by atoms with van der Waals surface area (Å²) < 4.78 is 29.3. The summed E-state index contributed by atoms with van der Waals surface area (Å²) >= 11 is 0. The molecule has 152 valence electrons. The molecule has 6 nitrogen and oxygen atoms in total. The number of piperidine rings is 1. The highest BCUT2D eigenvalue weighted by Gasteiger charge is 2.40. The Hall–Kier alpha value is -3.39. The number of nitrogens with one attached hydrogen (secondary N) is 1. The average Bonchev–Trinajstić information content (AvgIpc) is 3.37. The maximum Gasteiger partial charge on any atom is 0.161 e. The number of halogens is 2. The number of benzene rings is 1. The van der Waals surface area contributed by atoms with Crippen molar-refractivity contribution in [2.75, 3.05) is 0 Å². The SMILES string of the molecule is C=C(c1ccc(-c2ccc(-n3cc(F)cn3)cc2O)nn1)[C@H]1C[C@@H]2C=C[C@@H](N2)[C@H]1F. The molecular formula is C22H19F2N5O. The number of alkyl halides is 1. The molecule has 3 aromatic rings. The quantitative estimate of drug-likeness (QED) is 0.648. The Morgan fingerprint density at radius 2 is 2.07 bits per heavy atom. The average molecular weight is 407 g/mol. The van der Waals surface area contributed by atoms with Crippen molar-refractivity contribution in [3.8, 4) is 22.7 Å². The van der Waals surface area contributed by atoms with Crippen molar-refractivity contribution in [1.29, 1.82) is 0 Å². The van der Waals surface area contributed by atoms with Gasteiger partial charge in [-0.25, -0.2) is 13.5 Å². The van der Waals surface area contributed by atoms with E-state index in [9.17, 15) is 13.9 Å². The van der Waals surface area contributed by atoms with Gasteiger partial charge in [0.05, 0.1) is 35.5 Å². The molecule has 8 heteroatoms. The van der Waals surface area contributed by atoms with E-state index in [0.717, 1.165) is 6.20 Å². The van der Waals surface area contributed by atoms with E-state index in [4.69, 9.17) is 0 Å². The number of hydrogen-bond acceptors (Lipinski definition) is 5. The van der Waals surface area contributed by atoms with Crippen LogP contribution in [0.3, 0.4) is 0 Å². The third kappa shape index (κ3) is 3.19. The van der Waals surface area contributed by atoms with Crippen LogP contribution in [-0.4, -0.2) is 43.3 Å². The number of phenolic OH excluding ortho intramolecular Hbond substituents is 1. The molecule has 0 unspecified atom stereocenters. The Morgan fingerprint density at radius 3 is 2.77 bits per heavy atom. The fourth-order valence-corrected chi connectivity index (χ4v) is 4.10. The van der Waals surface area contributed by atoms with Crippen molar-refractivity contribution in [2.45, 2.75) is 24.7 Å². The lowest BCUT2D eigenvalue weighted by molar-refractivity contribution is 0.179. The van der Waals surface area contributed by atoms with Crippen LogP contribution < -0.4 is 5.32 Å².